The van der Waals surface area contributed by atoms with E-state index < -0.39 is 10.0 Å². The van der Waals surface area contributed by atoms with Gasteiger partial charge in [0, 0.05) is 42.9 Å². The summed E-state index contributed by atoms with van der Waals surface area (Å²) in [6, 6.07) is 15.7. The van der Waals surface area contributed by atoms with E-state index in [1.807, 2.05) is 18.2 Å². The highest BCUT2D eigenvalue weighted by molar-refractivity contribution is 7.91. The molecule has 0 amide bonds. The summed E-state index contributed by atoms with van der Waals surface area (Å²) in [7, 11) is -3.60. The van der Waals surface area contributed by atoms with E-state index in [1.165, 1.54) is 6.07 Å². The monoisotopic (exact) mass is 412 g/mol. The summed E-state index contributed by atoms with van der Waals surface area (Å²) in [5.41, 5.74) is 2.43. The van der Waals surface area contributed by atoms with Gasteiger partial charge in [0.25, 0.3) is 5.56 Å². The fourth-order valence-electron chi connectivity index (χ4n) is 3.02. The van der Waals surface area contributed by atoms with Crippen molar-refractivity contribution < 1.29 is 8.42 Å². The van der Waals surface area contributed by atoms with Crippen LogP contribution in [0.15, 0.2) is 71.8 Å². The Kier molecular flexibility index (Phi) is 6.66. The van der Waals surface area contributed by atoms with Crippen LogP contribution in [0, 0.1) is 6.92 Å². The minimum Gasteiger partial charge on any atom is -0.385 e. The number of sulfonamides is 1. The van der Waals surface area contributed by atoms with Crippen LogP contribution in [0.4, 0.5) is 11.4 Å². The molecule has 7 nitrogen and oxygen atoms in total. The first-order valence-electron chi connectivity index (χ1n) is 9.33. The summed E-state index contributed by atoms with van der Waals surface area (Å²) in [6.07, 6.45) is 4.19. The molecule has 3 rings (SSSR count). The van der Waals surface area contributed by atoms with E-state index in [0.717, 1.165) is 12.1 Å². The highest BCUT2D eigenvalue weighted by Crippen LogP contribution is 2.13. The molecule has 152 valence electrons. The highest BCUT2D eigenvalue weighted by Gasteiger charge is 2.13. The molecular formula is C21H24N4O3S. The van der Waals surface area contributed by atoms with Gasteiger partial charge >= 0.3 is 0 Å². The second kappa shape index (κ2) is 9.38. The van der Waals surface area contributed by atoms with Crippen LogP contribution in [-0.2, 0) is 22.3 Å². The number of aromatic nitrogens is 2. The van der Waals surface area contributed by atoms with Crippen molar-refractivity contribution in [2.45, 2.75) is 25.6 Å². The molecule has 0 fully saturated rings. The Morgan fingerprint density at radius 1 is 1.00 bits per heavy atom. The maximum absolute atomic E-state index is 12.5. The number of hydrogen-bond donors (Lipinski definition) is 2. The Balaban J connectivity index is 1.60. The van der Waals surface area contributed by atoms with Crippen molar-refractivity contribution in [3.8, 4) is 0 Å². The Hall–Kier alpha value is -3.13. The minimum atomic E-state index is -3.60. The summed E-state index contributed by atoms with van der Waals surface area (Å²) in [5, 5.41) is 3.27. The first-order valence-corrected chi connectivity index (χ1v) is 11.0. The first kappa shape index (κ1) is 20.6. The van der Waals surface area contributed by atoms with E-state index in [2.05, 4.69) is 15.0 Å². The minimum absolute atomic E-state index is 0.142. The average Bonchev–Trinajstić information content (AvgIpc) is 2.67. The van der Waals surface area contributed by atoms with Crippen molar-refractivity contribution in [3.63, 3.8) is 0 Å². The number of nitrogens with zero attached hydrogens (tertiary/aromatic N) is 2. The average molecular weight is 413 g/mol. The molecule has 3 aromatic rings. The lowest BCUT2D eigenvalue weighted by Gasteiger charge is -2.14. The number of benzene rings is 1. The summed E-state index contributed by atoms with van der Waals surface area (Å²) in [4.78, 5) is 16.4. The van der Waals surface area contributed by atoms with Crippen LogP contribution in [-0.4, -0.2) is 24.5 Å². The number of hydrogen-bond acceptors (Lipinski definition) is 5. The lowest BCUT2D eigenvalue weighted by atomic mass is 10.2. The van der Waals surface area contributed by atoms with Crippen molar-refractivity contribution in [1.29, 1.82) is 0 Å². The lowest BCUT2D eigenvalue weighted by Crippen LogP contribution is -2.24. The van der Waals surface area contributed by atoms with Crippen LogP contribution in [0.2, 0.25) is 0 Å². The second-order valence-electron chi connectivity index (χ2n) is 6.74. The van der Waals surface area contributed by atoms with Gasteiger partial charge < -0.3 is 9.88 Å². The maximum Gasteiger partial charge on any atom is 0.252 e. The van der Waals surface area contributed by atoms with Gasteiger partial charge in [-0.1, -0.05) is 30.3 Å². The zero-order valence-electron chi connectivity index (χ0n) is 16.2. The zero-order valence-corrected chi connectivity index (χ0v) is 17.0. The van der Waals surface area contributed by atoms with Crippen LogP contribution in [0.5, 0.6) is 0 Å². The maximum atomic E-state index is 12.5. The van der Waals surface area contributed by atoms with Gasteiger partial charge in [-0.25, -0.2) is 8.42 Å². The first-order chi connectivity index (χ1) is 13.9. The smallest absolute Gasteiger partial charge is 0.252 e. The van der Waals surface area contributed by atoms with Crippen molar-refractivity contribution >= 4 is 21.4 Å². The summed E-state index contributed by atoms with van der Waals surface area (Å²) in [5.74, 6) is -0.142. The fraction of sp³-hybridized carbons (Fsp3) is 0.238. The molecule has 2 aromatic heterocycles. The van der Waals surface area contributed by atoms with Crippen molar-refractivity contribution in [3.05, 3.63) is 88.6 Å². The molecule has 0 spiro atoms. The largest absolute Gasteiger partial charge is 0.385 e. The molecule has 0 saturated heterocycles. The molecule has 0 aliphatic rings. The molecule has 2 N–H and O–H groups in total. The predicted molar refractivity (Wildman–Crippen MR) is 115 cm³/mol. The van der Waals surface area contributed by atoms with Crippen LogP contribution in [0.25, 0.3) is 0 Å². The highest BCUT2D eigenvalue weighted by atomic mass is 32.2. The fourth-order valence-corrected chi connectivity index (χ4v) is 4.20. The van der Waals surface area contributed by atoms with Gasteiger partial charge in [0.1, 0.15) is 0 Å². The third-order valence-electron chi connectivity index (χ3n) is 4.38. The lowest BCUT2D eigenvalue weighted by molar-refractivity contribution is 0.600. The Bertz CT molecular complexity index is 1100. The molecule has 0 saturated carbocycles. The van der Waals surface area contributed by atoms with Gasteiger partial charge in [-0.2, -0.15) is 0 Å². The quantitative estimate of drug-likeness (QED) is 0.527. The molecule has 0 bridgehead atoms. The van der Waals surface area contributed by atoms with E-state index in [4.69, 9.17) is 0 Å². The topological polar surface area (TPSA) is 93.1 Å². The normalized spacial score (nSPS) is 11.2. The Morgan fingerprint density at radius 3 is 2.41 bits per heavy atom. The van der Waals surface area contributed by atoms with Crippen molar-refractivity contribution in [2.75, 3.05) is 16.6 Å². The van der Waals surface area contributed by atoms with E-state index in [-0.39, 0.29) is 17.0 Å². The molecule has 0 radical (unpaired) electrons. The van der Waals surface area contributed by atoms with Crippen LogP contribution in [0.3, 0.4) is 0 Å². The van der Waals surface area contributed by atoms with Gasteiger partial charge in [0.05, 0.1) is 11.4 Å². The summed E-state index contributed by atoms with van der Waals surface area (Å²) >= 11 is 0. The third kappa shape index (κ3) is 6.18. The molecular weight excluding hydrogens is 388 g/mol. The van der Waals surface area contributed by atoms with Gasteiger partial charge in [0.15, 0.2) is 0 Å². The number of pyridine rings is 2. The SMILES string of the molecule is Cc1cc(NS(=O)(=O)Cc2ccccc2)cc(=O)n1CCCNc1ccncc1. The second-order valence-corrected chi connectivity index (χ2v) is 8.46. The molecule has 0 atom stereocenters. The molecule has 0 unspecified atom stereocenters. The number of anilines is 2. The molecule has 0 aliphatic heterocycles. The number of aryl methyl sites for hydroxylation is 1. The van der Waals surface area contributed by atoms with E-state index in [0.29, 0.717) is 24.3 Å². The van der Waals surface area contributed by atoms with E-state index >= 15 is 0 Å². The van der Waals surface area contributed by atoms with Crippen LogP contribution < -0.4 is 15.6 Å². The van der Waals surface area contributed by atoms with Crippen LogP contribution in [0.1, 0.15) is 17.7 Å². The molecule has 2 heterocycles. The number of nitrogens with one attached hydrogen (secondary N) is 2. The molecule has 8 heteroatoms. The van der Waals surface area contributed by atoms with Gasteiger partial charge in [0.2, 0.25) is 10.0 Å². The van der Waals surface area contributed by atoms with Crippen molar-refractivity contribution in [1.82, 2.24) is 9.55 Å². The van der Waals surface area contributed by atoms with E-state index in [9.17, 15) is 13.2 Å². The molecule has 1 aromatic carbocycles. The standard InChI is InChI=1S/C21H24N4O3S/c1-17-14-20(24-29(27,28)16-18-6-3-2-4-7-18)15-21(26)25(17)13-5-10-23-19-8-11-22-12-9-19/h2-4,6-9,11-12,14-15,24H,5,10,13,16H2,1H3,(H,22,23). The Morgan fingerprint density at radius 2 is 1.72 bits per heavy atom. The zero-order chi connectivity index (χ0) is 20.7. The Labute approximate surface area is 170 Å². The van der Waals surface area contributed by atoms with Gasteiger partial charge in [-0.3, -0.25) is 14.5 Å². The third-order valence-corrected chi connectivity index (χ3v) is 5.64. The summed E-state index contributed by atoms with van der Waals surface area (Å²) < 4.78 is 28.9. The van der Waals surface area contributed by atoms with Crippen LogP contribution >= 0.6 is 0 Å². The van der Waals surface area contributed by atoms with Gasteiger partial charge in [-0.05, 0) is 37.1 Å². The number of rotatable bonds is 9. The summed E-state index contributed by atoms with van der Waals surface area (Å²) in [6.45, 7) is 3.05. The predicted octanol–water partition coefficient (Wildman–Crippen LogP) is 3.00. The van der Waals surface area contributed by atoms with Gasteiger partial charge in [-0.15, -0.1) is 0 Å². The van der Waals surface area contributed by atoms with Crippen molar-refractivity contribution in [2.24, 2.45) is 0 Å². The van der Waals surface area contributed by atoms with E-state index in [1.54, 1.807) is 54.2 Å². The molecule has 29 heavy (non-hydrogen) atoms. The molecule has 0 aliphatic carbocycles.